The highest BCUT2D eigenvalue weighted by molar-refractivity contribution is 6.03. The zero-order chi connectivity index (χ0) is 14.7. The van der Waals surface area contributed by atoms with Gasteiger partial charge in [0, 0.05) is 17.8 Å². The summed E-state index contributed by atoms with van der Waals surface area (Å²) in [5, 5.41) is 6.37. The average molecular weight is 279 g/mol. The zero-order valence-electron chi connectivity index (χ0n) is 11.4. The first-order valence-corrected chi connectivity index (χ1v) is 6.48. The molecule has 0 aliphatic carbocycles. The minimum Gasteiger partial charge on any atom is -0.360 e. The van der Waals surface area contributed by atoms with Crippen molar-refractivity contribution < 1.29 is 9.32 Å². The van der Waals surface area contributed by atoms with E-state index in [4.69, 9.17) is 4.52 Å². The highest BCUT2D eigenvalue weighted by atomic mass is 16.5. The van der Waals surface area contributed by atoms with Gasteiger partial charge in [-0.15, -0.1) is 0 Å². The van der Waals surface area contributed by atoms with Gasteiger partial charge in [-0.2, -0.15) is 0 Å². The quantitative estimate of drug-likeness (QED) is 0.798. The van der Waals surface area contributed by atoms with Gasteiger partial charge in [0.15, 0.2) is 5.82 Å². The molecule has 1 amide bonds. The number of aryl methyl sites for hydroxylation is 1. The highest BCUT2D eigenvalue weighted by Gasteiger charge is 2.09. The van der Waals surface area contributed by atoms with Crippen molar-refractivity contribution in [3.63, 3.8) is 0 Å². The third-order valence-corrected chi connectivity index (χ3v) is 2.96. The Hall–Kier alpha value is -2.95. The van der Waals surface area contributed by atoms with Crippen LogP contribution in [0.2, 0.25) is 0 Å². The molecule has 2 heterocycles. The monoisotopic (exact) mass is 279 g/mol. The number of pyridine rings is 1. The molecule has 21 heavy (non-hydrogen) atoms. The van der Waals surface area contributed by atoms with Crippen molar-refractivity contribution in [2.24, 2.45) is 0 Å². The summed E-state index contributed by atoms with van der Waals surface area (Å²) >= 11 is 0. The SMILES string of the molecule is Cc1cc(NC(=O)c2ccc(-c3ccccc3)nc2)no1. The number of nitrogens with one attached hydrogen (secondary N) is 1. The number of carbonyl (C=O) groups is 1. The molecule has 3 aromatic rings. The summed E-state index contributed by atoms with van der Waals surface area (Å²) in [7, 11) is 0. The van der Waals surface area contributed by atoms with Gasteiger partial charge in [0.1, 0.15) is 5.76 Å². The normalized spacial score (nSPS) is 10.3. The number of hydrogen-bond acceptors (Lipinski definition) is 4. The van der Waals surface area contributed by atoms with E-state index in [0.29, 0.717) is 17.1 Å². The second-order valence-electron chi connectivity index (χ2n) is 4.58. The molecule has 5 heteroatoms. The van der Waals surface area contributed by atoms with Crippen molar-refractivity contribution in [2.45, 2.75) is 6.92 Å². The first-order valence-electron chi connectivity index (χ1n) is 6.48. The third-order valence-electron chi connectivity index (χ3n) is 2.96. The van der Waals surface area contributed by atoms with Gasteiger partial charge in [-0.3, -0.25) is 9.78 Å². The van der Waals surface area contributed by atoms with E-state index in [1.54, 1.807) is 25.3 Å². The fourth-order valence-electron chi connectivity index (χ4n) is 1.92. The fourth-order valence-corrected chi connectivity index (χ4v) is 1.92. The molecule has 2 aromatic heterocycles. The molecule has 0 unspecified atom stereocenters. The molecule has 0 spiro atoms. The van der Waals surface area contributed by atoms with Crippen LogP contribution < -0.4 is 5.32 Å². The molecular weight excluding hydrogens is 266 g/mol. The van der Waals surface area contributed by atoms with Crippen LogP contribution in [0.5, 0.6) is 0 Å². The van der Waals surface area contributed by atoms with E-state index in [-0.39, 0.29) is 5.91 Å². The van der Waals surface area contributed by atoms with Gasteiger partial charge in [-0.25, -0.2) is 0 Å². The van der Waals surface area contributed by atoms with E-state index in [0.717, 1.165) is 11.3 Å². The molecular formula is C16H13N3O2. The van der Waals surface area contributed by atoms with E-state index in [1.807, 2.05) is 36.4 Å². The Kier molecular flexibility index (Phi) is 3.47. The summed E-state index contributed by atoms with van der Waals surface area (Å²) in [6, 6.07) is 15.0. The molecule has 1 N–H and O–H groups in total. The lowest BCUT2D eigenvalue weighted by Crippen LogP contribution is -2.12. The number of rotatable bonds is 3. The Bertz CT molecular complexity index is 749. The molecule has 0 aliphatic rings. The van der Waals surface area contributed by atoms with Crippen molar-refractivity contribution in [1.29, 1.82) is 0 Å². The standard InChI is InChI=1S/C16H13N3O2/c1-11-9-15(19-21-11)18-16(20)13-7-8-14(17-10-13)12-5-3-2-4-6-12/h2-10H,1H3,(H,18,19,20). The van der Waals surface area contributed by atoms with Crippen LogP contribution >= 0.6 is 0 Å². The fraction of sp³-hybridized carbons (Fsp3) is 0.0625. The van der Waals surface area contributed by atoms with Gasteiger partial charge in [0.05, 0.1) is 11.3 Å². The van der Waals surface area contributed by atoms with Crippen LogP contribution in [0, 0.1) is 6.92 Å². The maximum absolute atomic E-state index is 12.0. The summed E-state index contributed by atoms with van der Waals surface area (Å²) in [6.07, 6.45) is 1.55. The Morgan fingerprint density at radius 3 is 2.57 bits per heavy atom. The molecule has 0 aliphatic heterocycles. The third kappa shape index (κ3) is 2.97. The second-order valence-corrected chi connectivity index (χ2v) is 4.58. The lowest BCUT2D eigenvalue weighted by molar-refractivity contribution is 0.102. The molecule has 0 radical (unpaired) electrons. The lowest BCUT2D eigenvalue weighted by Gasteiger charge is -2.03. The second kappa shape index (κ2) is 5.58. The highest BCUT2D eigenvalue weighted by Crippen LogP contribution is 2.16. The lowest BCUT2D eigenvalue weighted by atomic mass is 10.1. The van der Waals surface area contributed by atoms with Crippen molar-refractivity contribution in [3.05, 3.63) is 66.1 Å². The topological polar surface area (TPSA) is 68.0 Å². The van der Waals surface area contributed by atoms with Gasteiger partial charge in [-0.05, 0) is 19.1 Å². The molecule has 0 bridgehead atoms. The maximum atomic E-state index is 12.0. The van der Waals surface area contributed by atoms with Crippen LogP contribution in [-0.4, -0.2) is 16.0 Å². The Morgan fingerprint density at radius 1 is 1.14 bits per heavy atom. The van der Waals surface area contributed by atoms with Crippen LogP contribution in [0.15, 0.2) is 59.3 Å². The van der Waals surface area contributed by atoms with Crippen LogP contribution in [-0.2, 0) is 0 Å². The number of nitrogens with zero attached hydrogens (tertiary/aromatic N) is 2. The van der Waals surface area contributed by atoms with Crippen molar-refractivity contribution >= 4 is 11.7 Å². The molecule has 3 rings (SSSR count). The van der Waals surface area contributed by atoms with Crippen LogP contribution in [0.4, 0.5) is 5.82 Å². The summed E-state index contributed by atoms with van der Waals surface area (Å²) in [4.78, 5) is 16.4. The van der Waals surface area contributed by atoms with Crippen LogP contribution in [0.1, 0.15) is 16.1 Å². The minimum absolute atomic E-state index is 0.268. The zero-order valence-corrected chi connectivity index (χ0v) is 11.4. The Balaban J connectivity index is 1.76. The predicted molar refractivity (Wildman–Crippen MR) is 78.9 cm³/mol. The molecule has 0 saturated carbocycles. The van der Waals surface area contributed by atoms with Crippen LogP contribution in [0.25, 0.3) is 11.3 Å². The summed E-state index contributed by atoms with van der Waals surface area (Å²) < 4.78 is 4.90. The summed E-state index contributed by atoms with van der Waals surface area (Å²) in [6.45, 7) is 1.76. The van der Waals surface area contributed by atoms with Crippen molar-refractivity contribution in [2.75, 3.05) is 5.32 Å². The summed E-state index contributed by atoms with van der Waals surface area (Å²) in [5.41, 5.74) is 2.30. The first kappa shape index (κ1) is 13.1. The number of amides is 1. The predicted octanol–water partition coefficient (Wildman–Crippen LogP) is 3.30. The molecule has 5 nitrogen and oxygen atoms in total. The van der Waals surface area contributed by atoms with Gasteiger partial charge >= 0.3 is 0 Å². The number of anilines is 1. The number of carbonyl (C=O) groups excluding carboxylic acids is 1. The minimum atomic E-state index is -0.268. The van der Waals surface area contributed by atoms with Gasteiger partial charge < -0.3 is 9.84 Å². The number of aromatic nitrogens is 2. The molecule has 104 valence electrons. The Labute approximate surface area is 121 Å². The van der Waals surface area contributed by atoms with Gasteiger partial charge in [0.2, 0.25) is 0 Å². The number of benzene rings is 1. The van der Waals surface area contributed by atoms with E-state index in [9.17, 15) is 4.79 Å². The van der Waals surface area contributed by atoms with Crippen LogP contribution in [0.3, 0.4) is 0 Å². The summed E-state index contributed by atoms with van der Waals surface area (Å²) in [5.74, 6) is 0.767. The molecule has 0 saturated heterocycles. The van der Waals surface area contributed by atoms with E-state index < -0.39 is 0 Å². The average Bonchev–Trinajstić information content (AvgIpc) is 2.93. The maximum Gasteiger partial charge on any atom is 0.258 e. The smallest absolute Gasteiger partial charge is 0.258 e. The molecule has 0 fully saturated rings. The van der Waals surface area contributed by atoms with Gasteiger partial charge in [-0.1, -0.05) is 35.5 Å². The molecule has 0 atom stereocenters. The first-order chi connectivity index (χ1) is 10.2. The number of hydrogen-bond donors (Lipinski definition) is 1. The Morgan fingerprint density at radius 2 is 1.95 bits per heavy atom. The van der Waals surface area contributed by atoms with E-state index in [1.165, 1.54) is 0 Å². The largest absolute Gasteiger partial charge is 0.360 e. The molecule has 1 aromatic carbocycles. The van der Waals surface area contributed by atoms with Gasteiger partial charge in [0.25, 0.3) is 5.91 Å². The van der Waals surface area contributed by atoms with E-state index >= 15 is 0 Å². The van der Waals surface area contributed by atoms with Crippen molar-refractivity contribution in [1.82, 2.24) is 10.1 Å². The van der Waals surface area contributed by atoms with E-state index in [2.05, 4.69) is 15.5 Å². The van der Waals surface area contributed by atoms with Crippen molar-refractivity contribution in [3.8, 4) is 11.3 Å².